The molecule has 0 bridgehead atoms. The van der Waals surface area contributed by atoms with Crippen molar-refractivity contribution < 1.29 is 23.0 Å². The molecule has 29 heavy (non-hydrogen) atoms. The van der Waals surface area contributed by atoms with E-state index >= 15 is 0 Å². The van der Waals surface area contributed by atoms with Crippen LogP contribution in [0, 0.1) is 6.92 Å². The monoisotopic (exact) mass is 485 g/mol. The van der Waals surface area contributed by atoms with Crippen molar-refractivity contribution in [2.75, 3.05) is 5.32 Å². The number of benzene rings is 2. The number of ether oxygens (including phenoxy) is 2. The van der Waals surface area contributed by atoms with Gasteiger partial charge in [0.25, 0.3) is 5.91 Å². The molecule has 6 nitrogen and oxygen atoms in total. The zero-order valence-corrected chi connectivity index (χ0v) is 17.4. The highest BCUT2D eigenvalue weighted by molar-refractivity contribution is 9.10. The predicted molar refractivity (Wildman–Crippen MR) is 108 cm³/mol. The van der Waals surface area contributed by atoms with Crippen molar-refractivity contribution in [2.24, 2.45) is 0 Å². The normalized spacial score (nSPS) is 10.8. The largest absolute Gasteiger partial charge is 0.470 e. The first kappa shape index (κ1) is 21.1. The molecule has 1 heterocycles. The van der Waals surface area contributed by atoms with Crippen molar-refractivity contribution >= 4 is 39.1 Å². The Morgan fingerprint density at radius 1 is 1.28 bits per heavy atom. The number of aromatic nitrogens is 2. The molecule has 0 saturated heterocycles. The second-order valence-corrected chi connectivity index (χ2v) is 7.22. The molecular formula is C19H15BrClF2N3O3. The first-order chi connectivity index (χ1) is 13.8. The van der Waals surface area contributed by atoms with Crippen LogP contribution in [0.4, 0.5) is 14.5 Å². The Morgan fingerprint density at radius 2 is 2.07 bits per heavy atom. The Hall–Kier alpha value is -2.65. The molecule has 2 aromatic carbocycles. The fraction of sp³-hybridized carbons (Fsp3) is 0.158. The van der Waals surface area contributed by atoms with E-state index in [4.69, 9.17) is 16.3 Å². The van der Waals surface area contributed by atoms with E-state index < -0.39 is 12.5 Å². The van der Waals surface area contributed by atoms with Crippen LogP contribution < -0.4 is 14.8 Å². The van der Waals surface area contributed by atoms with Crippen LogP contribution in [0.15, 0.2) is 53.1 Å². The Balaban J connectivity index is 1.62. The maximum atomic E-state index is 12.4. The van der Waals surface area contributed by atoms with E-state index in [0.717, 1.165) is 4.47 Å². The van der Waals surface area contributed by atoms with Crippen molar-refractivity contribution in [2.45, 2.75) is 20.3 Å². The molecule has 152 valence electrons. The molecule has 10 heteroatoms. The van der Waals surface area contributed by atoms with Crippen molar-refractivity contribution in [1.82, 2.24) is 9.78 Å². The summed E-state index contributed by atoms with van der Waals surface area (Å²) in [4.78, 5) is 12.4. The zero-order chi connectivity index (χ0) is 21.0. The van der Waals surface area contributed by atoms with Crippen LogP contribution in [0.2, 0.25) is 5.02 Å². The van der Waals surface area contributed by atoms with Crippen LogP contribution in [0.5, 0.6) is 11.5 Å². The molecule has 0 unspecified atom stereocenters. The van der Waals surface area contributed by atoms with Gasteiger partial charge in [0.1, 0.15) is 11.5 Å². The van der Waals surface area contributed by atoms with Crippen LogP contribution in [0.25, 0.3) is 0 Å². The van der Waals surface area contributed by atoms with Gasteiger partial charge in [0.05, 0.1) is 5.02 Å². The Bertz CT molecular complexity index is 1030. The van der Waals surface area contributed by atoms with E-state index in [1.165, 1.54) is 28.9 Å². The van der Waals surface area contributed by atoms with Gasteiger partial charge in [-0.15, -0.1) is 0 Å². The molecule has 1 aromatic heterocycles. The van der Waals surface area contributed by atoms with Gasteiger partial charge >= 0.3 is 6.61 Å². The van der Waals surface area contributed by atoms with Crippen molar-refractivity contribution in [3.05, 3.63) is 69.4 Å². The molecule has 0 radical (unpaired) electrons. The minimum Gasteiger partial charge on any atom is -0.470 e. The summed E-state index contributed by atoms with van der Waals surface area (Å²) in [5.41, 5.74) is 1.20. The molecule has 3 aromatic rings. The van der Waals surface area contributed by atoms with Gasteiger partial charge in [-0.25, -0.2) is 4.68 Å². The summed E-state index contributed by atoms with van der Waals surface area (Å²) >= 11 is 9.41. The summed E-state index contributed by atoms with van der Waals surface area (Å²) in [6.07, 6.45) is 1.59. The highest BCUT2D eigenvalue weighted by Crippen LogP contribution is 2.28. The Morgan fingerprint density at radius 3 is 2.76 bits per heavy atom. The smallest absolute Gasteiger partial charge is 0.387 e. The first-order valence-electron chi connectivity index (χ1n) is 8.30. The van der Waals surface area contributed by atoms with E-state index in [-0.39, 0.29) is 18.2 Å². The third-order valence-electron chi connectivity index (χ3n) is 3.79. The van der Waals surface area contributed by atoms with Crippen molar-refractivity contribution in [3.63, 3.8) is 0 Å². The molecule has 1 N–H and O–H groups in total. The lowest BCUT2D eigenvalue weighted by Gasteiger charge is -2.10. The van der Waals surface area contributed by atoms with Gasteiger partial charge in [0.2, 0.25) is 0 Å². The molecule has 0 aliphatic heterocycles. The molecule has 0 aliphatic carbocycles. The number of rotatable bonds is 7. The van der Waals surface area contributed by atoms with Gasteiger partial charge in [0.15, 0.2) is 12.4 Å². The molecule has 0 aliphatic rings. The van der Waals surface area contributed by atoms with Gasteiger partial charge in [-0.3, -0.25) is 4.79 Å². The topological polar surface area (TPSA) is 65.4 Å². The third kappa shape index (κ3) is 5.68. The van der Waals surface area contributed by atoms with Gasteiger partial charge in [-0.2, -0.15) is 13.9 Å². The second-order valence-electron chi connectivity index (χ2n) is 5.90. The molecule has 0 spiro atoms. The molecule has 1 amide bonds. The standard InChI is InChI=1S/C19H15BrClF2N3O3/c1-11-8-13(29-19(22)23)3-4-15(11)24-18(27)16-6-7-26(25-16)10-28-17-5-2-12(20)9-14(17)21/h2-9,19H,10H2,1H3,(H,24,27). The van der Waals surface area contributed by atoms with Gasteiger partial charge in [-0.05, 0) is 55.0 Å². The number of hydrogen-bond acceptors (Lipinski definition) is 4. The molecular weight excluding hydrogens is 472 g/mol. The number of hydrogen-bond donors (Lipinski definition) is 1. The number of amides is 1. The fourth-order valence-electron chi connectivity index (χ4n) is 2.42. The van der Waals surface area contributed by atoms with E-state index in [0.29, 0.717) is 22.0 Å². The quantitative estimate of drug-likeness (QED) is 0.479. The van der Waals surface area contributed by atoms with Crippen molar-refractivity contribution in [3.8, 4) is 11.5 Å². The van der Waals surface area contributed by atoms with Crippen LogP contribution in [0.1, 0.15) is 16.1 Å². The number of nitrogens with one attached hydrogen (secondary N) is 1. The second kappa shape index (κ2) is 9.23. The molecule has 0 fully saturated rings. The lowest BCUT2D eigenvalue weighted by Crippen LogP contribution is -2.15. The van der Waals surface area contributed by atoms with Gasteiger partial charge < -0.3 is 14.8 Å². The highest BCUT2D eigenvalue weighted by Gasteiger charge is 2.13. The number of anilines is 1. The van der Waals surface area contributed by atoms with Crippen LogP contribution in [0.3, 0.4) is 0 Å². The molecule has 0 atom stereocenters. The number of aryl methyl sites for hydroxylation is 1. The summed E-state index contributed by atoms with van der Waals surface area (Å²) in [6, 6.07) is 11.0. The van der Waals surface area contributed by atoms with Gasteiger partial charge in [0, 0.05) is 16.4 Å². The number of nitrogens with zero attached hydrogens (tertiary/aromatic N) is 2. The molecule has 0 saturated carbocycles. The van der Waals surface area contributed by atoms with Crippen molar-refractivity contribution in [1.29, 1.82) is 0 Å². The Labute approximate surface area is 178 Å². The first-order valence-corrected chi connectivity index (χ1v) is 9.47. The summed E-state index contributed by atoms with van der Waals surface area (Å²) < 4.78 is 36.8. The zero-order valence-electron chi connectivity index (χ0n) is 15.0. The lowest BCUT2D eigenvalue weighted by molar-refractivity contribution is -0.0498. The summed E-state index contributed by atoms with van der Waals surface area (Å²) in [5.74, 6) is 0.0534. The van der Waals surface area contributed by atoms with E-state index in [9.17, 15) is 13.6 Å². The van der Waals surface area contributed by atoms with E-state index in [1.807, 2.05) is 0 Å². The fourth-order valence-corrected chi connectivity index (χ4v) is 3.15. The number of halogens is 4. The maximum absolute atomic E-state index is 12.4. The average Bonchev–Trinajstić information content (AvgIpc) is 3.12. The highest BCUT2D eigenvalue weighted by atomic mass is 79.9. The number of alkyl halides is 2. The van der Waals surface area contributed by atoms with E-state index in [1.54, 1.807) is 31.3 Å². The van der Waals surface area contributed by atoms with Gasteiger partial charge in [-0.1, -0.05) is 27.5 Å². The van der Waals surface area contributed by atoms with Crippen LogP contribution in [-0.4, -0.2) is 22.3 Å². The van der Waals surface area contributed by atoms with Crippen LogP contribution >= 0.6 is 27.5 Å². The number of carbonyl (C=O) groups excluding carboxylic acids is 1. The SMILES string of the molecule is Cc1cc(OC(F)F)ccc1NC(=O)c1ccn(COc2ccc(Br)cc2Cl)n1. The van der Waals surface area contributed by atoms with E-state index in [2.05, 4.69) is 31.1 Å². The lowest BCUT2D eigenvalue weighted by atomic mass is 10.2. The third-order valence-corrected chi connectivity index (χ3v) is 4.58. The average molecular weight is 487 g/mol. The molecule has 3 rings (SSSR count). The summed E-state index contributed by atoms with van der Waals surface area (Å²) in [6.45, 7) is -1.18. The maximum Gasteiger partial charge on any atom is 0.387 e. The predicted octanol–water partition coefficient (Wildman–Crippen LogP) is 5.50. The minimum atomic E-state index is -2.91. The minimum absolute atomic E-state index is 0.0172. The van der Waals surface area contributed by atoms with Crippen LogP contribution in [-0.2, 0) is 6.73 Å². The number of carbonyl (C=O) groups is 1. The summed E-state index contributed by atoms with van der Waals surface area (Å²) in [7, 11) is 0. The summed E-state index contributed by atoms with van der Waals surface area (Å²) in [5, 5.41) is 7.29. The Kier molecular flexibility index (Phi) is 6.71.